The van der Waals surface area contributed by atoms with Crippen LogP contribution < -0.4 is 0 Å². The quantitative estimate of drug-likeness (QED) is 0.216. The summed E-state index contributed by atoms with van der Waals surface area (Å²) in [6.07, 6.45) is 0. The second-order valence-electron chi connectivity index (χ2n) is 8.18. The molecular formula is C28H20Br2O3. The standard InChI is InChI=1S/C28H20Br2O3/c1-28(20-10-12-24(31)22(29)15-20,21-11-13-25(32)23(30)16-21)19-8-6-17(7-9-19)27-14-18-4-2-3-5-26(18)33-27/h2-16,31-32H,1H3. The minimum atomic E-state index is -0.543. The second kappa shape index (κ2) is 8.40. The lowest BCUT2D eigenvalue weighted by Gasteiger charge is -2.32. The van der Waals surface area contributed by atoms with Gasteiger partial charge in [0.2, 0.25) is 0 Å². The third-order valence-electron chi connectivity index (χ3n) is 6.22. The largest absolute Gasteiger partial charge is 0.507 e. The lowest BCUT2D eigenvalue weighted by atomic mass is 9.71. The van der Waals surface area contributed by atoms with Gasteiger partial charge in [-0.25, -0.2) is 0 Å². The van der Waals surface area contributed by atoms with E-state index in [9.17, 15) is 10.2 Å². The Kier molecular flexibility index (Phi) is 5.55. The molecule has 0 bridgehead atoms. The van der Waals surface area contributed by atoms with Crippen LogP contribution in [0.2, 0.25) is 0 Å². The molecule has 0 aliphatic carbocycles. The van der Waals surface area contributed by atoms with Crippen LogP contribution in [0.15, 0.2) is 104 Å². The Morgan fingerprint density at radius 3 is 1.76 bits per heavy atom. The molecule has 5 aromatic rings. The zero-order chi connectivity index (χ0) is 23.2. The van der Waals surface area contributed by atoms with Crippen molar-refractivity contribution in [1.29, 1.82) is 0 Å². The highest BCUT2D eigenvalue weighted by Gasteiger charge is 2.32. The molecule has 33 heavy (non-hydrogen) atoms. The van der Waals surface area contributed by atoms with Gasteiger partial charge in [-0.1, -0.05) is 54.6 Å². The maximum atomic E-state index is 10.1. The Hall–Kier alpha value is -3.02. The van der Waals surface area contributed by atoms with Crippen LogP contribution in [0.25, 0.3) is 22.3 Å². The molecule has 0 saturated carbocycles. The van der Waals surface area contributed by atoms with Gasteiger partial charge in [0.15, 0.2) is 0 Å². The van der Waals surface area contributed by atoms with Crippen LogP contribution in [0.3, 0.4) is 0 Å². The summed E-state index contributed by atoms with van der Waals surface area (Å²) in [7, 11) is 0. The first-order chi connectivity index (χ1) is 15.9. The minimum Gasteiger partial charge on any atom is -0.507 e. The summed E-state index contributed by atoms with van der Waals surface area (Å²) >= 11 is 6.91. The Labute approximate surface area is 208 Å². The van der Waals surface area contributed by atoms with Crippen LogP contribution in [0.5, 0.6) is 11.5 Å². The van der Waals surface area contributed by atoms with E-state index in [1.165, 1.54) is 0 Å². The molecule has 0 spiro atoms. The van der Waals surface area contributed by atoms with E-state index in [1.54, 1.807) is 12.1 Å². The summed E-state index contributed by atoms with van der Waals surface area (Å²) in [5, 5.41) is 21.2. The normalized spacial score (nSPS) is 11.7. The van der Waals surface area contributed by atoms with Crippen molar-refractivity contribution in [2.45, 2.75) is 12.3 Å². The van der Waals surface area contributed by atoms with E-state index >= 15 is 0 Å². The van der Waals surface area contributed by atoms with Gasteiger partial charge in [-0.15, -0.1) is 0 Å². The molecule has 0 aliphatic heterocycles. The molecule has 3 nitrogen and oxygen atoms in total. The van der Waals surface area contributed by atoms with Gasteiger partial charge < -0.3 is 14.6 Å². The van der Waals surface area contributed by atoms with E-state index in [-0.39, 0.29) is 11.5 Å². The first-order valence-corrected chi connectivity index (χ1v) is 12.0. The van der Waals surface area contributed by atoms with Gasteiger partial charge in [0, 0.05) is 16.4 Å². The van der Waals surface area contributed by atoms with Crippen LogP contribution in [0.4, 0.5) is 0 Å². The number of halogens is 2. The van der Waals surface area contributed by atoms with Crippen molar-refractivity contribution in [3.05, 3.63) is 117 Å². The van der Waals surface area contributed by atoms with Crippen LogP contribution >= 0.6 is 31.9 Å². The molecular weight excluding hydrogens is 544 g/mol. The van der Waals surface area contributed by atoms with Gasteiger partial charge in [0.25, 0.3) is 0 Å². The molecule has 0 aliphatic rings. The number of para-hydroxylation sites is 1. The van der Waals surface area contributed by atoms with Crippen molar-refractivity contribution in [3.63, 3.8) is 0 Å². The summed E-state index contributed by atoms with van der Waals surface area (Å²) in [6, 6.07) is 29.5. The lowest BCUT2D eigenvalue weighted by Crippen LogP contribution is -2.25. The highest BCUT2D eigenvalue weighted by Crippen LogP contribution is 2.43. The fraction of sp³-hybridized carbons (Fsp3) is 0.0714. The smallest absolute Gasteiger partial charge is 0.135 e. The van der Waals surface area contributed by atoms with Gasteiger partial charge in [-0.2, -0.15) is 0 Å². The summed E-state index contributed by atoms with van der Waals surface area (Å²) < 4.78 is 7.29. The molecule has 2 N–H and O–H groups in total. The molecule has 5 rings (SSSR count). The molecule has 0 unspecified atom stereocenters. The fourth-order valence-electron chi connectivity index (χ4n) is 4.23. The number of rotatable bonds is 4. The number of benzene rings is 4. The van der Waals surface area contributed by atoms with E-state index in [1.807, 2.05) is 48.5 Å². The van der Waals surface area contributed by atoms with E-state index in [4.69, 9.17) is 4.42 Å². The van der Waals surface area contributed by atoms with Gasteiger partial charge in [-0.05, 0) is 91.9 Å². The van der Waals surface area contributed by atoms with Crippen molar-refractivity contribution in [2.75, 3.05) is 0 Å². The topological polar surface area (TPSA) is 53.6 Å². The molecule has 0 radical (unpaired) electrons. The highest BCUT2D eigenvalue weighted by atomic mass is 79.9. The SMILES string of the molecule is CC(c1ccc(-c2cc3ccccc3o2)cc1)(c1ccc(O)c(Br)c1)c1ccc(O)c(Br)c1. The molecule has 164 valence electrons. The number of fused-ring (bicyclic) bond motifs is 1. The molecule has 0 atom stereocenters. The van der Waals surface area contributed by atoms with Crippen molar-refractivity contribution in [1.82, 2.24) is 0 Å². The van der Waals surface area contributed by atoms with Crippen LogP contribution in [0, 0.1) is 0 Å². The molecule has 1 heterocycles. The van der Waals surface area contributed by atoms with Crippen molar-refractivity contribution in [2.24, 2.45) is 0 Å². The van der Waals surface area contributed by atoms with E-state index in [2.05, 4.69) is 69.1 Å². The number of hydrogen-bond acceptors (Lipinski definition) is 3. The summed E-state index contributed by atoms with van der Waals surface area (Å²) in [4.78, 5) is 0. The molecule has 4 aromatic carbocycles. The van der Waals surface area contributed by atoms with Gasteiger partial charge in [0.1, 0.15) is 22.8 Å². The van der Waals surface area contributed by atoms with Gasteiger partial charge in [0.05, 0.1) is 8.95 Å². The van der Waals surface area contributed by atoms with E-state index in [0.717, 1.165) is 39.0 Å². The summed E-state index contributed by atoms with van der Waals surface area (Å²) in [6.45, 7) is 2.14. The summed E-state index contributed by atoms with van der Waals surface area (Å²) in [5.41, 5.74) is 4.39. The first kappa shape index (κ1) is 21.8. The van der Waals surface area contributed by atoms with Crippen LogP contribution in [0.1, 0.15) is 23.6 Å². The van der Waals surface area contributed by atoms with Crippen molar-refractivity contribution in [3.8, 4) is 22.8 Å². The first-order valence-electron chi connectivity index (χ1n) is 10.4. The lowest BCUT2D eigenvalue weighted by molar-refractivity contribution is 0.471. The Bertz CT molecular complexity index is 1380. The number of phenolic OH excluding ortho intramolecular Hbond substituents is 2. The molecule has 1 aromatic heterocycles. The van der Waals surface area contributed by atoms with Gasteiger partial charge >= 0.3 is 0 Å². The van der Waals surface area contributed by atoms with Crippen molar-refractivity contribution >= 4 is 42.8 Å². The van der Waals surface area contributed by atoms with Crippen molar-refractivity contribution < 1.29 is 14.6 Å². The number of phenols is 2. The Morgan fingerprint density at radius 2 is 1.21 bits per heavy atom. The zero-order valence-electron chi connectivity index (χ0n) is 17.7. The third-order valence-corrected chi connectivity index (χ3v) is 7.49. The van der Waals surface area contributed by atoms with E-state index in [0.29, 0.717) is 8.95 Å². The molecule has 0 saturated heterocycles. The second-order valence-corrected chi connectivity index (χ2v) is 9.89. The average molecular weight is 564 g/mol. The molecule has 5 heteroatoms. The molecule has 0 amide bonds. The van der Waals surface area contributed by atoms with E-state index < -0.39 is 5.41 Å². The summed E-state index contributed by atoms with van der Waals surface area (Å²) in [5.74, 6) is 1.20. The minimum absolute atomic E-state index is 0.188. The maximum Gasteiger partial charge on any atom is 0.135 e. The molecule has 0 fully saturated rings. The highest BCUT2D eigenvalue weighted by molar-refractivity contribution is 9.10. The zero-order valence-corrected chi connectivity index (χ0v) is 20.9. The van der Waals surface area contributed by atoms with Crippen LogP contribution in [-0.4, -0.2) is 10.2 Å². The number of furan rings is 1. The monoisotopic (exact) mass is 562 g/mol. The average Bonchev–Trinajstić information content (AvgIpc) is 3.26. The predicted octanol–water partition coefficient (Wildman–Crippen LogP) is 8.39. The van der Waals surface area contributed by atoms with Gasteiger partial charge in [-0.3, -0.25) is 0 Å². The predicted molar refractivity (Wildman–Crippen MR) is 139 cm³/mol. The Morgan fingerprint density at radius 1 is 0.667 bits per heavy atom. The number of hydrogen-bond donors (Lipinski definition) is 2. The fourth-order valence-corrected chi connectivity index (χ4v) is 4.99. The Balaban J connectivity index is 1.64. The maximum absolute atomic E-state index is 10.1. The number of aromatic hydroxyl groups is 2. The third kappa shape index (κ3) is 3.85. The van der Waals surface area contributed by atoms with Crippen LogP contribution in [-0.2, 0) is 5.41 Å².